The standard InChI is InChI=1S/C21H26N2O2S/c1-15-11-16(2)13-17(12-15)23-20(25)19(24)22-14-21(8-4-3-5-9-21)18-7-6-10-26-18/h6-7,10-13H,3-5,8-9,14H2,1-2H3,(H,22,24)(H,23,25). The van der Waals surface area contributed by atoms with E-state index in [1.54, 1.807) is 11.3 Å². The lowest BCUT2D eigenvalue weighted by Crippen LogP contribution is -2.45. The number of hydrogen-bond donors (Lipinski definition) is 2. The molecule has 1 fully saturated rings. The number of thiophene rings is 1. The highest BCUT2D eigenvalue weighted by molar-refractivity contribution is 7.10. The van der Waals surface area contributed by atoms with Crippen LogP contribution in [0.2, 0.25) is 0 Å². The summed E-state index contributed by atoms with van der Waals surface area (Å²) in [5.41, 5.74) is 2.75. The van der Waals surface area contributed by atoms with Gasteiger partial charge in [0.15, 0.2) is 0 Å². The number of hydrogen-bond acceptors (Lipinski definition) is 3. The van der Waals surface area contributed by atoms with E-state index in [2.05, 4.69) is 28.1 Å². The van der Waals surface area contributed by atoms with E-state index in [0.717, 1.165) is 24.0 Å². The SMILES string of the molecule is Cc1cc(C)cc(NC(=O)C(=O)NCC2(c3cccs3)CCCCC2)c1. The highest BCUT2D eigenvalue weighted by Crippen LogP contribution is 2.41. The molecule has 1 heterocycles. The summed E-state index contributed by atoms with van der Waals surface area (Å²) in [5.74, 6) is -1.17. The first-order chi connectivity index (χ1) is 12.5. The van der Waals surface area contributed by atoms with Gasteiger partial charge in [-0.3, -0.25) is 9.59 Å². The molecule has 0 radical (unpaired) electrons. The second kappa shape index (κ2) is 8.04. The van der Waals surface area contributed by atoms with Gasteiger partial charge in [0, 0.05) is 22.5 Å². The quantitative estimate of drug-likeness (QED) is 0.788. The molecule has 2 N–H and O–H groups in total. The van der Waals surface area contributed by atoms with E-state index in [-0.39, 0.29) is 5.41 Å². The molecule has 0 atom stereocenters. The summed E-state index contributed by atoms with van der Waals surface area (Å²) < 4.78 is 0. The minimum atomic E-state index is -0.605. The smallest absolute Gasteiger partial charge is 0.313 e. The summed E-state index contributed by atoms with van der Waals surface area (Å²) in [6, 6.07) is 9.98. The van der Waals surface area contributed by atoms with Crippen LogP contribution in [0.25, 0.3) is 0 Å². The fourth-order valence-electron chi connectivity index (χ4n) is 3.88. The summed E-state index contributed by atoms with van der Waals surface area (Å²) in [5, 5.41) is 7.68. The minimum absolute atomic E-state index is 0.0255. The van der Waals surface area contributed by atoms with Gasteiger partial charge in [-0.2, -0.15) is 0 Å². The number of anilines is 1. The fraction of sp³-hybridized carbons (Fsp3) is 0.429. The van der Waals surface area contributed by atoms with Gasteiger partial charge in [-0.1, -0.05) is 31.4 Å². The Kier molecular flexibility index (Phi) is 5.77. The molecule has 3 rings (SSSR count). The van der Waals surface area contributed by atoms with Crippen LogP contribution in [0.5, 0.6) is 0 Å². The van der Waals surface area contributed by atoms with E-state index in [9.17, 15) is 9.59 Å². The predicted octanol–water partition coefficient (Wildman–Crippen LogP) is 4.32. The maximum atomic E-state index is 12.4. The molecule has 5 heteroatoms. The number of carbonyl (C=O) groups is 2. The van der Waals surface area contributed by atoms with Crippen LogP contribution in [0.3, 0.4) is 0 Å². The van der Waals surface area contributed by atoms with Gasteiger partial charge in [0.1, 0.15) is 0 Å². The summed E-state index contributed by atoms with van der Waals surface area (Å²) in [4.78, 5) is 25.9. The van der Waals surface area contributed by atoms with E-state index in [4.69, 9.17) is 0 Å². The van der Waals surface area contributed by atoms with Crippen LogP contribution in [0, 0.1) is 13.8 Å². The summed E-state index contributed by atoms with van der Waals surface area (Å²) >= 11 is 1.74. The van der Waals surface area contributed by atoms with Crippen molar-refractivity contribution in [1.29, 1.82) is 0 Å². The molecule has 0 aliphatic heterocycles. The Balaban J connectivity index is 1.64. The van der Waals surface area contributed by atoms with Crippen molar-refractivity contribution in [3.05, 3.63) is 51.7 Å². The first-order valence-corrected chi connectivity index (χ1v) is 10.1. The zero-order valence-electron chi connectivity index (χ0n) is 15.4. The third-order valence-corrected chi connectivity index (χ3v) is 6.24. The number of aryl methyl sites for hydroxylation is 2. The summed E-state index contributed by atoms with van der Waals surface area (Å²) in [6.45, 7) is 4.46. The van der Waals surface area contributed by atoms with Gasteiger partial charge in [-0.05, 0) is 61.4 Å². The molecule has 1 aromatic heterocycles. The van der Waals surface area contributed by atoms with E-state index in [0.29, 0.717) is 12.2 Å². The van der Waals surface area contributed by atoms with Crippen molar-refractivity contribution in [1.82, 2.24) is 5.32 Å². The highest BCUT2D eigenvalue weighted by atomic mass is 32.1. The molecule has 1 aliphatic carbocycles. The summed E-state index contributed by atoms with van der Waals surface area (Å²) in [6.07, 6.45) is 5.71. The van der Waals surface area contributed by atoms with Crippen molar-refractivity contribution in [3.63, 3.8) is 0 Å². The lowest BCUT2D eigenvalue weighted by atomic mass is 9.73. The maximum absolute atomic E-state index is 12.4. The Morgan fingerprint density at radius 2 is 1.73 bits per heavy atom. The van der Waals surface area contributed by atoms with Gasteiger partial charge in [-0.25, -0.2) is 0 Å². The van der Waals surface area contributed by atoms with Crippen LogP contribution < -0.4 is 10.6 Å². The molecule has 2 amide bonds. The van der Waals surface area contributed by atoms with E-state index in [1.165, 1.54) is 24.1 Å². The number of carbonyl (C=O) groups excluding carboxylic acids is 2. The average Bonchev–Trinajstić information content (AvgIpc) is 3.15. The highest BCUT2D eigenvalue weighted by Gasteiger charge is 2.35. The molecule has 1 aliphatic rings. The third-order valence-electron chi connectivity index (χ3n) is 5.13. The third kappa shape index (κ3) is 4.33. The topological polar surface area (TPSA) is 58.2 Å². The van der Waals surface area contributed by atoms with Crippen LogP contribution in [0.4, 0.5) is 5.69 Å². The van der Waals surface area contributed by atoms with Gasteiger partial charge in [0.25, 0.3) is 0 Å². The first-order valence-electron chi connectivity index (χ1n) is 9.20. The molecule has 138 valence electrons. The number of nitrogens with one attached hydrogen (secondary N) is 2. The van der Waals surface area contributed by atoms with Gasteiger partial charge >= 0.3 is 11.8 Å². The van der Waals surface area contributed by atoms with Gasteiger partial charge < -0.3 is 10.6 Å². The molecule has 4 nitrogen and oxygen atoms in total. The molecule has 0 unspecified atom stereocenters. The number of amides is 2. The molecular formula is C21H26N2O2S. The largest absolute Gasteiger partial charge is 0.347 e. The molecule has 0 spiro atoms. The Morgan fingerprint density at radius 1 is 1.04 bits per heavy atom. The van der Waals surface area contributed by atoms with Crippen LogP contribution >= 0.6 is 11.3 Å². The molecule has 2 aromatic rings. The van der Waals surface area contributed by atoms with Gasteiger partial charge in [0.05, 0.1) is 0 Å². The molecule has 0 bridgehead atoms. The normalized spacial score (nSPS) is 16.1. The van der Waals surface area contributed by atoms with Crippen molar-refractivity contribution in [2.45, 2.75) is 51.4 Å². The van der Waals surface area contributed by atoms with Gasteiger partial charge in [-0.15, -0.1) is 11.3 Å². The van der Waals surface area contributed by atoms with Crippen LogP contribution in [0.15, 0.2) is 35.7 Å². The van der Waals surface area contributed by atoms with Crippen molar-refractivity contribution in [2.24, 2.45) is 0 Å². The number of benzene rings is 1. The first kappa shape index (κ1) is 18.6. The van der Waals surface area contributed by atoms with Crippen molar-refractivity contribution < 1.29 is 9.59 Å². The Morgan fingerprint density at radius 3 is 2.35 bits per heavy atom. The fourth-order valence-corrected chi connectivity index (χ4v) is 4.87. The second-order valence-electron chi connectivity index (χ2n) is 7.33. The lowest BCUT2D eigenvalue weighted by molar-refractivity contribution is -0.136. The van der Waals surface area contributed by atoms with Crippen molar-refractivity contribution >= 4 is 28.8 Å². The Labute approximate surface area is 159 Å². The minimum Gasteiger partial charge on any atom is -0.347 e. The van der Waals surface area contributed by atoms with Crippen LogP contribution in [0.1, 0.15) is 48.1 Å². The van der Waals surface area contributed by atoms with Crippen molar-refractivity contribution in [3.8, 4) is 0 Å². The molecule has 1 saturated carbocycles. The monoisotopic (exact) mass is 370 g/mol. The zero-order chi connectivity index (χ0) is 18.6. The second-order valence-corrected chi connectivity index (χ2v) is 8.28. The maximum Gasteiger partial charge on any atom is 0.313 e. The zero-order valence-corrected chi connectivity index (χ0v) is 16.2. The number of rotatable bonds is 4. The predicted molar refractivity (Wildman–Crippen MR) is 107 cm³/mol. The van der Waals surface area contributed by atoms with Crippen molar-refractivity contribution in [2.75, 3.05) is 11.9 Å². The Hall–Kier alpha value is -2.14. The van der Waals surface area contributed by atoms with Crippen LogP contribution in [-0.2, 0) is 15.0 Å². The van der Waals surface area contributed by atoms with E-state index in [1.807, 2.05) is 32.0 Å². The van der Waals surface area contributed by atoms with Crippen LogP contribution in [-0.4, -0.2) is 18.4 Å². The van der Waals surface area contributed by atoms with E-state index >= 15 is 0 Å². The molecule has 1 aromatic carbocycles. The summed E-state index contributed by atoms with van der Waals surface area (Å²) in [7, 11) is 0. The molecule has 26 heavy (non-hydrogen) atoms. The Bertz CT molecular complexity index is 757. The van der Waals surface area contributed by atoms with Gasteiger partial charge in [0.2, 0.25) is 0 Å². The average molecular weight is 371 g/mol. The lowest BCUT2D eigenvalue weighted by Gasteiger charge is -2.36. The molecular weight excluding hydrogens is 344 g/mol. The molecule has 0 saturated heterocycles. The van der Waals surface area contributed by atoms with E-state index < -0.39 is 11.8 Å².